The maximum absolute atomic E-state index is 11.9. The summed E-state index contributed by atoms with van der Waals surface area (Å²) < 4.78 is 15.4. The van der Waals surface area contributed by atoms with Crippen LogP contribution < -0.4 is 10.5 Å². The van der Waals surface area contributed by atoms with Crippen molar-refractivity contribution in [1.29, 1.82) is 0 Å². The van der Waals surface area contributed by atoms with E-state index in [0.717, 1.165) is 0 Å². The molecule has 0 unspecified atom stereocenters. The summed E-state index contributed by atoms with van der Waals surface area (Å²) in [6.07, 6.45) is 0.652. The second-order valence-electron chi connectivity index (χ2n) is 3.64. The lowest BCUT2D eigenvalue weighted by Crippen LogP contribution is -2.12. The van der Waals surface area contributed by atoms with Gasteiger partial charge in [0.25, 0.3) is 0 Å². The number of methoxy groups -OCH3 is 1. The Bertz CT molecular complexity index is 393. The molecule has 1 rings (SSSR count). The third-order valence-electron chi connectivity index (χ3n) is 2.29. The fourth-order valence-electron chi connectivity index (χ4n) is 1.48. The predicted octanol–water partition coefficient (Wildman–Crippen LogP) is 1.86. The standard InChI is InChI=1S/C13H19NO4/c1-3-17-11-7-4-6-10(14)12(11)13(15)18-9-5-8-16-2/h4,6-7H,3,5,8-9,14H2,1-2H3. The molecule has 5 nitrogen and oxygen atoms in total. The summed E-state index contributed by atoms with van der Waals surface area (Å²) in [7, 11) is 1.60. The van der Waals surface area contributed by atoms with E-state index in [1.807, 2.05) is 6.92 Å². The van der Waals surface area contributed by atoms with Gasteiger partial charge in [0.2, 0.25) is 0 Å². The van der Waals surface area contributed by atoms with E-state index in [-0.39, 0.29) is 5.56 Å². The molecule has 0 amide bonds. The molecule has 0 saturated carbocycles. The number of nitrogen functional groups attached to an aromatic ring is 1. The van der Waals surface area contributed by atoms with Crippen LogP contribution in [-0.4, -0.2) is 32.9 Å². The smallest absolute Gasteiger partial charge is 0.344 e. The Kier molecular flexibility index (Phi) is 6.00. The van der Waals surface area contributed by atoms with Crippen LogP contribution in [0.2, 0.25) is 0 Å². The molecule has 0 heterocycles. The van der Waals surface area contributed by atoms with Crippen LogP contribution in [0.25, 0.3) is 0 Å². The lowest BCUT2D eigenvalue weighted by molar-refractivity contribution is 0.0465. The minimum Gasteiger partial charge on any atom is -0.493 e. The molecular weight excluding hydrogens is 234 g/mol. The van der Waals surface area contributed by atoms with Gasteiger partial charge in [0.1, 0.15) is 11.3 Å². The summed E-state index contributed by atoms with van der Waals surface area (Å²) in [5.41, 5.74) is 6.43. The summed E-state index contributed by atoms with van der Waals surface area (Å²) in [5.74, 6) is -0.0121. The topological polar surface area (TPSA) is 70.8 Å². The van der Waals surface area contributed by atoms with Gasteiger partial charge in [0.05, 0.1) is 13.2 Å². The van der Waals surface area contributed by atoms with E-state index < -0.39 is 5.97 Å². The summed E-state index contributed by atoms with van der Waals surface area (Å²) in [6, 6.07) is 5.09. The zero-order valence-electron chi connectivity index (χ0n) is 10.8. The van der Waals surface area contributed by atoms with Crippen molar-refractivity contribution < 1.29 is 19.0 Å². The van der Waals surface area contributed by atoms with Gasteiger partial charge in [-0.2, -0.15) is 0 Å². The molecule has 0 aliphatic rings. The van der Waals surface area contributed by atoms with E-state index >= 15 is 0 Å². The van der Waals surface area contributed by atoms with Gasteiger partial charge in [-0.25, -0.2) is 4.79 Å². The first-order valence-corrected chi connectivity index (χ1v) is 5.88. The molecule has 0 bridgehead atoms. The first kappa shape index (κ1) is 14.3. The van der Waals surface area contributed by atoms with E-state index in [0.29, 0.717) is 37.7 Å². The quantitative estimate of drug-likeness (QED) is 0.456. The Morgan fingerprint density at radius 2 is 2.11 bits per heavy atom. The van der Waals surface area contributed by atoms with Crippen LogP contribution in [0.5, 0.6) is 5.75 Å². The number of anilines is 1. The van der Waals surface area contributed by atoms with E-state index in [1.165, 1.54) is 0 Å². The summed E-state index contributed by atoms with van der Waals surface area (Å²) in [5, 5.41) is 0. The first-order valence-electron chi connectivity index (χ1n) is 5.88. The Morgan fingerprint density at radius 3 is 2.78 bits per heavy atom. The van der Waals surface area contributed by atoms with Gasteiger partial charge >= 0.3 is 5.97 Å². The second kappa shape index (κ2) is 7.55. The number of hydrogen-bond donors (Lipinski definition) is 1. The van der Waals surface area contributed by atoms with Gasteiger partial charge in [-0.05, 0) is 19.1 Å². The number of carbonyl (C=O) groups is 1. The Morgan fingerprint density at radius 1 is 1.33 bits per heavy atom. The van der Waals surface area contributed by atoms with Crippen molar-refractivity contribution in [2.45, 2.75) is 13.3 Å². The molecule has 18 heavy (non-hydrogen) atoms. The minimum absolute atomic E-state index is 0.289. The third kappa shape index (κ3) is 3.92. The Balaban J connectivity index is 2.71. The summed E-state index contributed by atoms with van der Waals surface area (Å²) in [6.45, 7) is 3.16. The fourth-order valence-corrected chi connectivity index (χ4v) is 1.48. The number of carbonyl (C=O) groups excluding carboxylic acids is 1. The number of benzene rings is 1. The Hall–Kier alpha value is -1.75. The second-order valence-corrected chi connectivity index (χ2v) is 3.64. The van der Waals surface area contributed by atoms with E-state index in [9.17, 15) is 4.79 Å². The van der Waals surface area contributed by atoms with Crippen molar-refractivity contribution >= 4 is 11.7 Å². The molecule has 100 valence electrons. The van der Waals surface area contributed by atoms with Crippen LogP contribution in [0, 0.1) is 0 Å². The molecule has 0 saturated heterocycles. The van der Waals surface area contributed by atoms with Crippen molar-refractivity contribution in [3.8, 4) is 5.75 Å². The molecule has 1 aromatic carbocycles. The van der Waals surface area contributed by atoms with E-state index in [2.05, 4.69) is 0 Å². The van der Waals surface area contributed by atoms with Gasteiger partial charge in [0, 0.05) is 25.8 Å². The first-order chi connectivity index (χ1) is 8.70. The summed E-state index contributed by atoms with van der Waals surface area (Å²) in [4.78, 5) is 11.9. The van der Waals surface area contributed by atoms with Gasteiger partial charge in [-0.1, -0.05) is 6.07 Å². The average molecular weight is 253 g/mol. The highest BCUT2D eigenvalue weighted by Crippen LogP contribution is 2.25. The van der Waals surface area contributed by atoms with Crippen LogP contribution in [0.1, 0.15) is 23.7 Å². The lowest BCUT2D eigenvalue weighted by Gasteiger charge is -2.12. The van der Waals surface area contributed by atoms with Crippen molar-refractivity contribution in [1.82, 2.24) is 0 Å². The Labute approximate surface area is 107 Å². The average Bonchev–Trinajstić information content (AvgIpc) is 2.35. The zero-order chi connectivity index (χ0) is 13.4. The monoisotopic (exact) mass is 253 g/mol. The largest absolute Gasteiger partial charge is 0.493 e. The molecule has 2 N–H and O–H groups in total. The number of nitrogens with two attached hydrogens (primary N) is 1. The van der Waals surface area contributed by atoms with Crippen molar-refractivity contribution in [3.63, 3.8) is 0 Å². The van der Waals surface area contributed by atoms with Crippen LogP contribution in [0.3, 0.4) is 0 Å². The number of hydrogen-bond acceptors (Lipinski definition) is 5. The highest BCUT2D eigenvalue weighted by atomic mass is 16.5. The molecule has 5 heteroatoms. The highest BCUT2D eigenvalue weighted by Gasteiger charge is 2.17. The van der Waals surface area contributed by atoms with Crippen molar-refractivity contribution in [3.05, 3.63) is 23.8 Å². The lowest BCUT2D eigenvalue weighted by atomic mass is 10.1. The molecule has 0 spiro atoms. The highest BCUT2D eigenvalue weighted by molar-refractivity contribution is 5.98. The van der Waals surface area contributed by atoms with Crippen LogP contribution in [-0.2, 0) is 9.47 Å². The molecule has 0 aliphatic heterocycles. The van der Waals surface area contributed by atoms with Crippen LogP contribution in [0.4, 0.5) is 5.69 Å². The molecule has 0 aliphatic carbocycles. The summed E-state index contributed by atoms with van der Waals surface area (Å²) >= 11 is 0. The third-order valence-corrected chi connectivity index (χ3v) is 2.29. The van der Waals surface area contributed by atoms with Gasteiger partial charge in [-0.15, -0.1) is 0 Å². The van der Waals surface area contributed by atoms with Gasteiger partial charge < -0.3 is 19.9 Å². The maximum atomic E-state index is 11.9. The van der Waals surface area contributed by atoms with Crippen LogP contribution in [0.15, 0.2) is 18.2 Å². The van der Waals surface area contributed by atoms with Crippen LogP contribution >= 0.6 is 0 Å². The zero-order valence-corrected chi connectivity index (χ0v) is 10.8. The number of rotatable bonds is 7. The number of esters is 1. The van der Waals surface area contributed by atoms with E-state index in [1.54, 1.807) is 25.3 Å². The minimum atomic E-state index is -0.465. The molecule has 0 radical (unpaired) electrons. The van der Waals surface area contributed by atoms with Gasteiger partial charge in [-0.3, -0.25) is 0 Å². The maximum Gasteiger partial charge on any atom is 0.344 e. The molecule has 0 aromatic heterocycles. The van der Waals surface area contributed by atoms with Crippen molar-refractivity contribution in [2.75, 3.05) is 32.7 Å². The predicted molar refractivity (Wildman–Crippen MR) is 68.8 cm³/mol. The van der Waals surface area contributed by atoms with Gasteiger partial charge in [0.15, 0.2) is 0 Å². The molecule has 0 fully saturated rings. The normalized spacial score (nSPS) is 10.1. The molecular formula is C13H19NO4. The SMILES string of the molecule is CCOc1cccc(N)c1C(=O)OCCCOC. The molecule has 1 aromatic rings. The van der Waals surface area contributed by atoms with Crippen molar-refractivity contribution in [2.24, 2.45) is 0 Å². The van der Waals surface area contributed by atoms with E-state index in [4.69, 9.17) is 19.9 Å². The fraction of sp³-hybridized carbons (Fsp3) is 0.462. The number of ether oxygens (including phenoxy) is 3. The molecule has 0 atom stereocenters.